The van der Waals surface area contributed by atoms with Gasteiger partial charge in [0.25, 0.3) is 0 Å². The molecule has 10 heavy (non-hydrogen) atoms. The van der Waals surface area contributed by atoms with Crippen LogP contribution < -0.4 is 0 Å². The van der Waals surface area contributed by atoms with E-state index in [0.717, 1.165) is 0 Å². The fourth-order valence-electron chi connectivity index (χ4n) is 1.26. The number of aliphatic hydroxyl groups excluding tert-OH is 1. The maximum Gasteiger partial charge on any atom is 0.138 e. The molecule has 60 valence electrons. The molecule has 1 N–H and O–H groups in total. The summed E-state index contributed by atoms with van der Waals surface area (Å²) in [6, 6.07) is 0. The van der Waals surface area contributed by atoms with Crippen LogP contribution in [0.5, 0.6) is 0 Å². The Morgan fingerprint density at radius 1 is 1.80 bits per heavy atom. The van der Waals surface area contributed by atoms with E-state index in [0.29, 0.717) is 19.4 Å². The molecule has 0 unspecified atom stereocenters. The largest absolute Gasteiger partial charge is 0.393 e. The Labute approximate surface area is 60.0 Å². The molecule has 0 amide bonds. The first kappa shape index (κ1) is 7.95. The third kappa shape index (κ3) is 1.67. The number of rotatable bonds is 1. The Morgan fingerprint density at radius 2 is 2.50 bits per heavy atom. The van der Waals surface area contributed by atoms with Gasteiger partial charge in [-0.1, -0.05) is 0 Å². The van der Waals surface area contributed by atoms with Gasteiger partial charge in [0.2, 0.25) is 0 Å². The lowest BCUT2D eigenvalue weighted by Crippen LogP contribution is -2.38. The van der Waals surface area contributed by atoms with Crippen molar-refractivity contribution in [3.63, 3.8) is 0 Å². The molecule has 1 rings (SSSR count). The molecular weight excluding hydrogens is 135 g/mol. The Kier molecular flexibility index (Phi) is 2.26. The van der Waals surface area contributed by atoms with Crippen molar-refractivity contribution in [2.75, 3.05) is 13.2 Å². The quantitative estimate of drug-likeness (QED) is 0.598. The van der Waals surface area contributed by atoms with Gasteiger partial charge in [0.05, 0.1) is 19.3 Å². The van der Waals surface area contributed by atoms with Crippen LogP contribution >= 0.6 is 0 Å². The van der Waals surface area contributed by atoms with Crippen LogP contribution in [0.1, 0.15) is 19.8 Å². The van der Waals surface area contributed by atoms with Crippen molar-refractivity contribution >= 4 is 0 Å². The summed E-state index contributed by atoms with van der Waals surface area (Å²) in [4.78, 5) is 0. The van der Waals surface area contributed by atoms with Crippen LogP contribution in [0.4, 0.5) is 4.39 Å². The fraction of sp³-hybridized carbons (Fsp3) is 1.00. The third-order valence-electron chi connectivity index (χ3n) is 1.89. The van der Waals surface area contributed by atoms with E-state index in [-0.39, 0.29) is 12.7 Å². The van der Waals surface area contributed by atoms with Gasteiger partial charge < -0.3 is 9.84 Å². The second kappa shape index (κ2) is 2.84. The van der Waals surface area contributed by atoms with Gasteiger partial charge in [0, 0.05) is 12.8 Å². The number of hydrogen-bond donors (Lipinski definition) is 1. The highest BCUT2D eigenvalue weighted by Crippen LogP contribution is 2.27. The van der Waals surface area contributed by atoms with Crippen LogP contribution in [0.25, 0.3) is 0 Å². The molecule has 0 radical (unpaired) electrons. The molecule has 2 atom stereocenters. The van der Waals surface area contributed by atoms with Gasteiger partial charge in [-0.25, -0.2) is 4.39 Å². The minimum absolute atomic E-state index is 0.0501. The Balaban J connectivity index is 2.45. The van der Waals surface area contributed by atoms with Gasteiger partial charge in [0.1, 0.15) is 5.67 Å². The number of ether oxygens (including phenoxy) is 1. The molecule has 0 aliphatic carbocycles. The van der Waals surface area contributed by atoms with E-state index in [9.17, 15) is 4.39 Å². The zero-order valence-corrected chi connectivity index (χ0v) is 6.14. The highest BCUT2D eigenvalue weighted by molar-refractivity contribution is 4.83. The lowest BCUT2D eigenvalue weighted by molar-refractivity contribution is -0.0752. The molecule has 0 aromatic heterocycles. The third-order valence-corrected chi connectivity index (χ3v) is 1.89. The molecule has 0 saturated carbocycles. The lowest BCUT2D eigenvalue weighted by atomic mass is 9.94. The SMILES string of the molecule is C[C@H]1C[C@@](F)(CO)CCO1. The summed E-state index contributed by atoms with van der Waals surface area (Å²) in [5, 5.41) is 8.64. The molecule has 0 aromatic rings. The second-order valence-corrected chi connectivity index (χ2v) is 2.94. The predicted octanol–water partition coefficient (Wildman–Crippen LogP) is 0.886. The summed E-state index contributed by atoms with van der Waals surface area (Å²) in [5.41, 5.74) is -1.38. The monoisotopic (exact) mass is 148 g/mol. The summed E-state index contributed by atoms with van der Waals surface area (Å²) in [6.45, 7) is 1.88. The van der Waals surface area contributed by atoms with Gasteiger partial charge in [-0.3, -0.25) is 0 Å². The first-order valence-corrected chi connectivity index (χ1v) is 3.58. The fourth-order valence-corrected chi connectivity index (χ4v) is 1.26. The smallest absolute Gasteiger partial charge is 0.138 e. The van der Waals surface area contributed by atoms with Crippen LogP contribution in [-0.4, -0.2) is 30.1 Å². The first-order valence-electron chi connectivity index (χ1n) is 3.58. The number of alkyl halides is 1. The van der Waals surface area contributed by atoms with E-state index in [2.05, 4.69) is 0 Å². The molecule has 1 saturated heterocycles. The first-order chi connectivity index (χ1) is 4.66. The molecule has 1 aliphatic rings. The van der Waals surface area contributed by atoms with Gasteiger partial charge in [-0.2, -0.15) is 0 Å². The lowest BCUT2D eigenvalue weighted by Gasteiger charge is -2.31. The molecule has 2 nitrogen and oxygen atoms in total. The number of hydrogen-bond acceptors (Lipinski definition) is 2. The molecule has 0 bridgehead atoms. The highest BCUT2D eigenvalue weighted by atomic mass is 19.1. The van der Waals surface area contributed by atoms with E-state index in [1.54, 1.807) is 0 Å². The average Bonchev–Trinajstić information content (AvgIpc) is 1.88. The summed E-state index contributed by atoms with van der Waals surface area (Å²) in [7, 11) is 0. The molecular formula is C7H13FO2. The van der Waals surface area contributed by atoms with Gasteiger partial charge in [-0.05, 0) is 6.92 Å². The maximum atomic E-state index is 13.2. The average molecular weight is 148 g/mol. The maximum absolute atomic E-state index is 13.2. The number of aliphatic hydroxyl groups is 1. The van der Waals surface area contributed by atoms with Crippen molar-refractivity contribution in [1.82, 2.24) is 0 Å². The summed E-state index contributed by atoms with van der Waals surface area (Å²) in [5.74, 6) is 0. The normalized spacial score (nSPS) is 41.7. The van der Waals surface area contributed by atoms with Gasteiger partial charge in [0.15, 0.2) is 0 Å². The zero-order chi connectivity index (χ0) is 7.61. The minimum atomic E-state index is -1.38. The van der Waals surface area contributed by atoms with Crippen molar-refractivity contribution in [3.05, 3.63) is 0 Å². The van der Waals surface area contributed by atoms with Crippen LogP contribution in [0.3, 0.4) is 0 Å². The molecule has 1 heterocycles. The van der Waals surface area contributed by atoms with Crippen molar-refractivity contribution in [2.45, 2.75) is 31.5 Å². The van der Waals surface area contributed by atoms with E-state index >= 15 is 0 Å². The molecule has 3 heteroatoms. The van der Waals surface area contributed by atoms with E-state index in [1.165, 1.54) is 0 Å². The van der Waals surface area contributed by atoms with Gasteiger partial charge >= 0.3 is 0 Å². The van der Waals surface area contributed by atoms with Crippen molar-refractivity contribution in [3.8, 4) is 0 Å². The van der Waals surface area contributed by atoms with Crippen molar-refractivity contribution in [2.24, 2.45) is 0 Å². The number of halogens is 1. The standard InChI is InChI=1S/C7H13FO2/c1-6-4-7(8,5-9)2-3-10-6/h6,9H,2-5H2,1H3/t6-,7+/m0/s1. The van der Waals surface area contributed by atoms with E-state index < -0.39 is 5.67 Å². The molecule has 0 spiro atoms. The summed E-state index contributed by atoms with van der Waals surface area (Å²) in [6.07, 6.45) is 0.600. The Hall–Kier alpha value is -0.150. The topological polar surface area (TPSA) is 29.5 Å². The van der Waals surface area contributed by atoms with Gasteiger partial charge in [-0.15, -0.1) is 0 Å². The van der Waals surface area contributed by atoms with Crippen LogP contribution in [0.2, 0.25) is 0 Å². The van der Waals surface area contributed by atoms with Crippen molar-refractivity contribution < 1.29 is 14.2 Å². The molecule has 1 fully saturated rings. The summed E-state index contributed by atoms with van der Waals surface area (Å²) < 4.78 is 18.3. The molecule has 0 aromatic carbocycles. The Morgan fingerprint density at radius 3 is 2.90 bits per heavy atom. The Bertz CT molecular complexity index is 118. The second-order valence-electron chi connectivity index (χ2n) is 2.94. The van der Waals surface area contributed by atoms with Crippen molar-refractivity contribution in [1.29, 1.82) is 0 Å². The highest BCUT2D eigenvalue weighted by Gasteiger charge is 2.34. The van der Waals surface area contributed by atoms with Crippen LogP contribution in [-0.2, 0) is 4.74 Å². The minimum Gasteiger partial charge on any atom is -0.393 e. The predicted molar refractivity (Wildman–Crippen MR) is 35.6 cm³/mol. The van der Waals surface area contributed by atoms with E-state index in [1.807, 2.05) is 6.92 Å². The van der Waals surface area contributed by atoms with E-state index in [4.69, 9.17) is 9.84 Å². The summed E-state index contributed by atoms with van der Waals surface area (Å²) >= 11 is 0. The zero-order valence-electron chi connectivity index (χ0n) is 6.14. The van der Waals surface area contributed by atoms with Crippen LogP contribution in [0.15, 0.2) is 0 Å². The molecule has 1 aliphatic heterocycles. The van der Waals surface area contributed by atoms with Crippen LogP contribution in [0, 0.1) is 0 Å².